The fraction of sp³-hybridized carbons (Fsp3) is 0.706. The van der Waals surface area contributed by atoms with E-state index >= 15 is 0 Å². The van der Waals surface area contributed by atoms with Gasteiger partial charge < -0.3 is 20.4 Å². The molecule has 4 aromatic rings. The molecule has 0 aromatic carbocycles. The minimum atomic E-state index is 0. The van der Waals surface area contributed by atoms with Crippen LogP contribution < -0.4 is 10.6 Å². The highest BCUT2D eigenvalue weighted by atomic mass is 35.5. The first kappa shape index (κ1) is 39.3. The Hall–Kier alpha value is -2.51. The molecule has 2 aliphatic carbocycles. The Kier molecular flexibility index (Phi) is 15.8. The van der Waals surface area contributed by atoms with Gasteiger partial charge in [-0.3, -0.25) is 0 Å². The lowest BCUT2D eigenvalue weighted by Gasteiger charge is -2.20. The Morgan fingerprint density at radius 1 is 0.490 bits per heavy atom. The number of halogens is 3. The molecule has 0 amide bonds. The summed E-state index contributed by atoms with van der Waals surface area (Å²) in [6.45, 7) is 9.69. The predicted molar refractivity (Wildman–Crippen MR) is 203 cm³/mol. The van der Waals surface area contributed by atoms with Crippen molar-refractivity contribution in [3.63, 3.8) is 0 Å². The smallest absolute Gasteiger partial charge is 0.181 e. The first-order valence-electron chi connectivity index (χ1n) is 18.2. The summed E-state index contributed by atoms with van der Waals surface area (Å²) < 4.78 is 3.66. The predicted octanol–water partition coefficient (Wildman–Crippen LogP) is 5.85. The molecule has 0 saturated carbocycles. The second-order valence-corrected chi connectivity index (χ2v) is 13.6. The van der Waals surface area contributed by atoms with Crippen molar-refractivity contribution >= 4 is 60.2 Å². The second-order valence-electron chi connectivity index (χ2n) is 13.6. The van der Waals surface area contributed by atoms with Crippen LogP contribution in [0.1, 0.15) is 99.3 Å². The van der Waals surface area contributed by atoms with Crippen molar-refractivity contribution in [2.24, 2.45) is 0 Å². The quantitative estimate of drug-likeness (QED) is 0.172. The second kappa shape index (κ2) is 19.8. The van der Waals surface area contributed by atoms with Crippen molar-refractivity contribution in [2.75, 3.05) is 63.0 Å². The highest BCUT2D eigenvalue weighted by Gasteiger charge is 2.21. The maximum atomic E-state index is 4.69. The van der Waals surface area contributed by atoms with Gasteiger partial charge in [0, 0.05) is 35.3 Å². The number of hydrogen-bond acceptors (Lipinski definition) is 10. The van der Waals surface area contributed by atoms with E-state index in [-0.39, 0.29) is 37.2 Å². The van der Waals surface area contributed by atoms with Gasteiger partial charge in [-0.2, -0.15) is 9.03 Å². The molecular weight excluding hydrogens is 683 g/mol. The molecular formula is C34H55Cl3N12. The third kappa shape index (κ3) is 9.84. The summed E-state index contributed by atoms with van der Waals surface area (Å²) in [5, 5.41) is 33.1. The number of anilines is 2. The first-order chi connectivity index (χ1) is 22.8. The van der Waals surface area contributed by atoms with E-state index in [0.29, 0.717) is 0 Å². The number of rotatable bonds is 12. The minimum Gasteiger partial charge on any atom is -0.368 e. The zero-order valence-electron chi connectivity index (χ0n) is 28.8. The van der Waals surface area contributed by atoms with E-state index in [9.17, 15) is 0 Å². The fourth-order valence-corrected chi connectivity index (χ4v) is 7.80. The average Bonchev–Trinajstić information content (AvgIpc) is 3.93. The van der Waals surface area contributed by atoms with Crippen LogP contribution in [0.3, 0.4) is 0 Å². The Balaban J connectivity index is 0.000000208. The molecule has 0 bridgehead atoms. The maximum absolute atomic E-state index is 4.69. The zero-order valence-corrected chi connectivity index (χ0v) is 31.3. The molecule has 2 fully saturated rings. The van der Waals surface area contributed by atoms with E-state index in [1.54, 1.807) is 12.7 Å². The van der Waals surface area contributed by atoms with Gasteiger partial charge in [-0.1, -0.05) is 0 Å². The van der Waals surface area contributed by atoms with Gasteiger partial charge in [-0.15, -0.1) is 67.8 Å². The highest BCUT2D eigenvalue weighted by Crippen LogP contribution is 2.30. The largest absolute Gasteiger partial charge is 0.368 e. The van der Waals surface area contributed by atoms with E-state index in [1.807, 2.05) is 9.03 Å². The van der Waals surface area contributed by atoms with Gasteiger partial charge in [0.05, 0.1) is 0 Å². The van der Waals surface area contributed by atoms with Crippen LogP contribution in [0.5, 0.6) is 0 Å². The van der Waals surface area contributed by atoms with Gasteiger partial charge in [-0.05, 0) is 142 Å². The molecule has 12 nitrogen and oxygen atoms in total. The number of nitrogens with zero attached hydrogens (tertiary/aromatic N) is 10. The third-order valence-electron chi connectivity index (χ3n) is 10.3. The molecule has 2 N–H and O–H groups in total. The van der Waals surface area contributed by atoms with Crippen molar-refractivity contribution in [2.45, 2.75) is 103 Å². The molecule has 0 unspecified atom stereocenters. The lowest BCUT2D eigenvalue weighted by atomic mass is 9.93. The van der Waals surface area contributed by atoms with E-state index in [0.717, 1.165) is 61.7 Å². The van der Waals surface area contributed by atoms with Gasteiger partial charge in [0.15, 0.2) is 22.9 Å². The van der Waals surface area contributed by atoms with E-state index in [4.69, 9.17) is 10.2 Å². The summed E-state index contributed by atoms with van der Waals surface area (Å²) in [5.41, 5.74) is 7.33. The molecule has 0 spiro atoms. The summed E-state index contributed by atoms with van der Waals surface area (Å²) >= 11 is 0. The number of aromatic nitrogens is 8. The third-order valence-corrected chi connectivity index (χ3v) is 10.3. The molecule has 0 radical (unpaired) electrons. The van der Waals surface area contributed by atoms with Gasteiger partial charge in [0.2, 0.25) is 0 Å². The van der Waals surface area contributed by atoms with E-state index in [1.165, 1.54) is 139 Å². The Labute approximate surface area is 309 Å². The van der Waals surface area contributed by atoms with Crippen LogP contribution in [0, 0.1) is 0 Å². The molecule has 2 aliphatic heterocycles. The van der Waals surface area contributed by atoms with Crippen LogP contribution in [0.25, 0.3) is 11.3 Å². The molecule has 8 rings (SSSR count). The number of likely N-dealkylation sites (tertiary alicyclic amines) is 2. The highest BCUT2D eigenvalue weighted by molar-refractivity contribution is 5.86. The van der Waals surface area contributed by atoms with Crippen molar-refractivity contribution < 1.29 is 0 Å². The van der Waals surface area contributed by atoms with E-state index < -0.39 is 0 Å². The van der Waals surface area contributed by atoms with E-state index in [2.05, 4.69) is 40.8 Å². The summed E-state index contributed by atoms with van der Waals surface area (Å²) in [6.07, 6.45) is 23.3. The molecule has 0 atom stereocenters. The number of aryl methyl sites for hydroxylation is 2. The standard InChI is InChI=1S/2C17H26N6.3ClH/c2*1-2-8-15-14(7-1)16(21-23-13-19-20-17(15)23)18-9-3-4-10-22-11-5-6-12-22;;;/h2*13H,1-12H2,(H,18,21);3*1H. The Morgan fingerprint density at radius 2 is 0.878 bits per heavy atom. The normalized spacial score (nSPS) is 17.3. The number of fused-ring (bicyclic) bond motifs is 6. The van der Waals surface area contributed by atoms with Crippen molar-refractivity contribution in [3.05, 3.63) is 34.9 Å². The number of nitrogens with one attached hydrogen (secondary N) is 2. The molecule has 6 heterocycles. The number of hydrogen-bond donors (Lipinski definition) is 2. The van der Waals surface area contributed by atoms with Gasteiger partial charge in [0.1, 0.15) is 12.7 Å². The summed E-state index contributed by atoms with van der Waals surface area (Å²) in [5.74, 6) is 2.10. The van der Waals surface area contributed by atoms with Gasteiger partial charge in [-0.25, -0.2) is 0 Å². The molecule has 4 aliphatic rings. The minimum absolute atomic E-state index is 0. The topological polar surface area (TPSA) is 117 Å². The summed E-state index contributed by atoms with van der Waals surface area (Å²) in [6, 6.07) is 0. The molecule has 272 valence electrons. The van der Waals surface area contributed by atoms with Crippen LogP contribution in [0.15, 0.2) is 12.7 Å². The van der Waals surface area contributed by atoms with Crippen LogP contribution >= 0.6 is 37.2 Å². The van der Waals surface area contributed by atoms with Crippen LogP contribution in [0.2, 0.25) is 0 Å². The summed E-state index contributed by atoms with van der Waals surface area (Å²) in [7, 11) is 0. The summed E-state index contributed by atoms with van der Waals surface area (Å²) in [4.78, 5) is 5.17. The average molecular weight is 738 g/mol. The Morgan fingerprint density at radius 3 is 1.29 bits per heavy atom. The van der Waals surface area contributed by atoms with Crippen LogP contribution in [-0.4, -0.2) is 102 Å². The number of unbranched alkanes of at least 4 members (excludes halogenated alkanes) is 2. The van der Waals surface area contributed by atoms with Crippen molar-refractivity contribution in [1.29, 1.82) is 0 Å². The zero-order chi connectivity index (χ0) is 31.0. The molecule has 49 heavy (non-hydrogen) atoms. The lowest BCUT2D eigenvalue weighted by molar-refractivity contribution is 0.331. The Bertz CT molecular complexity index is 1450. The SMILES string of the molecule is Cl.Cl.Cl.c1nnc2c3c(c(NCCCCN4CCCC4)nn12)CCCC3.c1nnc2c3c(c(NCCCCN4CCCC4)nn12)CCCC3. The van der Waals surface area contributed by atoms with Crippen molar-refractivity contribution in [1.82, 2.24) is 49.4 Å². The van der Waals surface area contributed by atoms with Gasteiger partial charge in [0.25, 0.3) is 0 Å². The van der Waals surface area contributed by atoms with Crippen LogP contribution in [-0.2, 0) is 25.7 Å². The molecule has 4 aromatic heterocycles. The van der Waals surface area contributed by atoms with Crippen molar-refractivity contribution in [3.8, 4) is 0 Å². The van der Waals surface area contributed by atoms with Crippen LogP contribution in [0.4, 0.5) is 11.6 Å². The molecule has 2 saturated heterocycles. The maximum Gasteiger partial charge on any atom is 0.181 e. The molecule has 15 heteroatoms. The first-order valence-corrected chi connectivity index (χ1v) is 18.2. The monoisotopic (exact) mass is 736 g/mol. The fourth-order valence-electron chi connectivity index (χ4n) is 7.80. The lowest BCUT2D eigenvalue weighted by Crippen LogP contribution is -2.21. The van der Waals surface area contributed by atoms with Gasteiger partial charge >= 0.3 is 0 Å².